The number of alkyl halides is 3. The minimum Gasteiger partial charge on any atom is -0.351 e. The molecule has 2 rings (SSSR count). The summed E-state index contributed by atoms with van der Waals surface area (Å²) in [6.07, 6.45) is -0.00776. The predicted molar refractivity (Wildman–Crippen MR) is 73.8 cm³/mol. The molecule has 20 heavy (non-hydrogen) atoms. The third-order valence-electron chi connectivity index (χ3n) is 3.09. The van der Waals surface area contributed by atoms with Crippen molar-refractivity contribution in [2.75, 3.05) is 24.7 Å². The van der Waals surface area contributed by atoms with E-state index in [1.54, 1.807) is 11.9 Å². The van der Waals surface area contributed by atoms with Crippen molar-refractivity contribution >= 4 is 29.5 Å². The molecule has 0 saturated carbocycles. The van der Waals surface area contributed by atoms with Crippen LogP contribution in [0, 0.1) is 0 Å². The second-order valence-corrected chi connectivity index (χ2v) is 5.67. The molecule has 1 saturated heterocycles. The van der Waals surface area contributed by atoms with Crippen molar-refractivity contribution in [2.24, 2.45) is 0 Å². The summed E-state index contributed by atoms with van der Waals surface area (Å²) in [5.74, 6) is 0.144. The number of nitrogens with one attached hydrogen (secondary N) is 1. The molecule has 1 aliphatic rings. The molecule has 112 valence electrons. The molecule has 0 bridgehead atoms. The second kappa shape index (κ2) is 6.36. The first-order valence-electron chi connectivity index (χ1n) is 6.05. The zero-order valence-corrected chi connectivity index (χ0v) is 12.3. The summed E-state index contributed by atoms with van der Waals surface area (Å²) in [5.41, 5.74) is -1.01. The molecular weight excluding hydrogens is 313 g/mol. The zero-order valence-electron chi connectivity index (χ0n) is 10.7. The summed E-state index contributed by atoms with van der Waals surface area (Å²) < 4.78 is 39.8. The number of rotatable bonds is 3. The van der Waals surface area contributed by atoms with Crippen LogP contribution in [0.1, 0.15) is 18.4 Å². The van der Waals surface area contributed by atoms with Crippen molar-refractivity contribution < 1.29 is 13.2 Å². The van der Waals surface area contributed by atoms with E-state index in [2.05, 4.69) is 19.6 Å². The van der Waals surface area contributed by atoms with Crippen molar-refractivity contribution in [2.45, 2.75) is 25.1 Å². The Balaban J connectivity index is 1.99. The molecule has 1 fully saturated rings. The molecule has 0 atom stereocenters. The first-order chi connectivity index (χ1) is 9.40. The highest BCUT2D eigenvalue weighted by Gasteiger charge is 2.34. The first kappa shape index (κ1) is 15.7. The van der Waals surface area contributed by atoms with Crippen LogP contribution >= 0.6 is 23.5 Å². The van der Waals surface area contributed by atoms with Gasteiger partial charge in [0, 0.05) is 25.3 Å². The van der Waals surface area contributed by atoms with Crippen LogP contribution in [0.4, 0.5) is 19.1 Å². The molecule has 0 amide bonds. The first-order valence-corrected chi connectivity index (χ1v) is 7.61. The Kier molecular flexibility index (Phi) is 4.98. The molecule has 0 spiro atoms. The van der Waals surface area contributed by atoms with Gasteiger partial charge in [-0.3, -0.25) is 4.31 Å². The Hall–Kier alpha value is -0.730. The highest BCUT2D eigenvalue weighted by atomic mass is 35.5. The maximum absolute atomic E-state index is 12.5. The molecule has 0 aliphatic carbocycles. The minimum absolute atomic E-state index is 0.144. The maximum Gasteiger partial charge on any atom is 0.420 e. The lowest BCUT2D eigenvalue weighted by molar-refractivity contribution is -0.137. The van der Waals surface area contributed by atoms with Crippen molar-refractivity contribution in [3.8, 4) is 0 Å². The molecule has 1 N–H and O–H groups in total. The topological polar surface area (TPSA) is 41.0 Å². The lowest BCUT2D eigenvalue weighted by atomic mass is 10.1. The quantitative estimate of drug-likeness (QED) is 0.682. The number of hydrogen-bond acceptors (Lipinski definition) is 5. The Bertz CT molecular complexity index is 463. The van der Waals surface area contributed by atoms with Gasteiger partial charge < -0.3 is 5.32 Å². The van der Waals surface area contributed by atoms with E-state index in [1.165, 1.54) is 0 Å². The van der Waals surface area contributed by atoms with Crippen molar-refractivity contribution in [1.82, 2.24) is 14.3 Å². The van der Waals surface area contributed by atoms with Gasteiger partial charge >= 0.3 is 6.18 Å². The highest BCUT2D eigenvalue weighted by Crippen LogP contribution is 2.33. The lowest BCUT2D eigenvalue weighted by Gasteiger charge is -2.30. The largest absolute Gasteiger partial charge is 0.420 e. The van der Waals surface area contributed by atoms with Crippen LogP contribution in [0.25, 0.3) is 0 Å². The van der Waals surface area contributed by atoms with Crippen LogP contribution < -0.4 is 5.32 Å². The van der Waals surface area contributed by atoms with Gasteiger partial charge in [-0.1, -0.05) is 23.5 Å². The normalized spacial score (nSPS) is 18.2. The summed E-state index contributed by atoms with van der Waals surface area (Å²) in [7, 11) is 0. The van der Waals surface area contributed by atoms with E-state index >= 15 is 0 Å². The molecule has 2 heterocycles. The fourth-order valence-corrected chi connectivity index (χ4v) is 2.80. The Morgan fingerprint density at radius 3 is 2.55 bits per heavy atom. The zero-order chi connectivity index (χ0) is 14.8. The molecular formula is C11H14ClF3N4S. The summed E-state index contributed by atoms with van der Waals surface area (Å²) in [4.78, 5) is 7.37. The third kappa shape index (κ3) is 3.89. The van der Waals surface area contributed by atoms with Gasteiger partial charge in [-0.05, 0) is 19.1 Å². The van der Waals surface area contributed by atoms with E-state index in [4.69, 9.17) is 11.6 Å². The molecule has 1 aromatic heterocycles. The standard InChI is InChI=1S/C11H14ClF3N4S/c1-20-19-4-2-7(3-5-19)17-10-16-6-8(9(12)18-10)11(13,14)15/h6-7H,2-5H2,1H3,(H,16,17,18). The van der Waals surface area contributed by atoms with Crippen molar-refractivity contribution in [1.29, 1.82) is 0 Å². The summed E-state index contributed by atoms with van der Waals surface area (Å²) in [6.45, 7) is 1.85. The summed E-state index contributed by atoms with van der Waals surface area (Å²) in [5, 5.41) is 2.46. The summed E-state index contributed by atoms with van der Waals surface area (Å²) in [6, 6.07) is 0.159. The van der Waals surface area contributed by atoms with E-state index in [1.807, 2.05) is 6.26 Å². The number of anilines is 1. The fraction of sp³-hybridized carbons (Fsp3) is 0.636. The average Bonchev–Trinajstić information content (AvgIpc) is 2.38. The van der Waals surface area contributed by atoms with Crippen molar-refractivity contribution in [3.63, 3.8) is 0 Å². The van der Waals surface area contributed by atoms with Crippen LogP contribution in [0.15, 0.2) is 6.20 Å². The van der Waals surface area contributed by atoms with E-state index in [0.717, 1.165) is 25.9 Å². The van der Waals surface area contributed by atoms with E-state index < -0.39 is 16.9 Å². The Morgan fingerprint density at radius 2 is 2.05 bits per heavy atom. The smallest absolute Gasteiger partial charge is 0.351 e. The van der Waals surface area contributed by atoms with Crippen molar-refractivity contribution in [3.05, 3.63) is 16.9 Å². The van der Waals surface area contributed by atoms with Gasteiger partial charge in [0.05, 0.1) is 0 Å². The maximum atomic E-state index is 12.5. The van der Waals surface area contributed by atoms with E-state index in [9.17, 15) is 13.2 Å². The second-order valence-electron chi connectivity index (χ2n) is 4.43. The molecule has 1 aromatic rings. The molecule has 1 aliphatic heterocycles. The number of hydrogen-bond donors (Lipinski definition) is 1. The minimum atomic E-state index is -4.53. The molecule has 4 nitrogen and oxygen atoms in total. The highest BCUT2D eigenvalue weighted by molar-refractivity contribution is 7.96. The van der Waals surface area contributed by atoms with Crippen LogP contribution in [-0.2, 0) is 6.18 Å². The van der Waals surface area contributed by atoms with Crippen LogP contribution in [-0.4, -0.2) is 39.7 Å². The third-order valence-corrected chi connectivity index (χ3v) is 4.26. The SMILES string of the molecule is CSN1CCC(Nc2ncc(C(F)(F)F)c(Cl)n2)CC1. The molecule has 0 radical (unpaired) electrons. The molecule has 0 unspecified atom stereocenters. The fourth-order valence-electron chi connectivity index (χ4n) is 1.99. The molecule has 0 aromatic carbocycles. The Morgan fingerprint density at radius 1 is 1.40 bits per heavy atom. The van der Waals surface area contributed by atoms with Crippen LogP contribution in [0.5, 0.6) is 0 Å². The number of piperidine rings is 1. The van der Waals surface area contributed by atoms with Gasteiger partial charge in [0.25, 0.3) is 0 Å². The van der Waals surface area contributed by atoms with Gasteiger partial charge in [0.1, 0.15) is 10.7 Å². The Labute approximate surface area is 124 Å². The van der Waals surface area contributed by atoms with Gasteiger partial charge in [0.2, 0.25) is 5.95 Å². The lowest BCUT2D eigenvalue weighted by Crippen LogP contribution is -2.35. The van der Waals surface area contributed by atoms with Crippen LogP contribution in [0.2, 0.25) is 5.15 Å². The monoisotopic (exact) mass is 326 g/mol. The van der Waals surface area contributed by atoms with Gasteiger partial charge in [-0.25, -0.2) is 9.97 Å². The van der Waals surface area contributed by atoms with E-state index in [0.29, 0.717) is 6.20 Å². The number of aromatic nitrogens is 2. The van der Waals surface area contributed by atoms with Gasteiger partial charge in [0.15, 0.2) is 0 Å². The number of halogens is 4. The number of nitrogens with zero attached hydrogens (tertiary/aromatic N) is 3. The molecule has 9 heteroatoms. The van der Waals surface area contributed by atoms with E-state index in [-0.39, 0.29) is 12.0 Å². The summed E-state index contributed by atoms with van der Waals surface area (Å²) >= 11 is 7.24. The van der Waals surface area contributed by atoms with Gasteiger partial charge in [-0.2, -0.15) is 13.2 Å². The van der Waals surface area contributed by atoms with Crippen LogP contribution in [0.3, 0.4) is 0 Å². The average molecular weight is 327 g/mol. The predicted octanol–water partition coefficient (Wildman–Crippen LogP) is 3.30. The van der Waals surface area contributed by atoms with Gasteiger partial charge in [-0.15, -0.1) is 0 Å².